The van der Waals surface area contributed by atoms with Gasteiger partial charge in [-0.15, -0.1) is 0 Å². The lowest BCUT2D eigenvalue weighted by Crippen LogP contribution is -2.45. The first-order valence-electron chi connectivity index (χ1n) is 6.70. The van der Waals surface area contributed by atoms with Crippen LogP contribution in [0.4, 0.5) is 0 Å². The zero-order valence-corrected chi connectivity index (χ0v) is 12.4. The van der Waals surface area contributed by atoms with Gasteiger partial charge in [-0.2, -0.15) is 0 Å². The molecule has 1 aliphatic rings. The van der Waals surface area contributed by atoms with Crippen LogP contribution in [-0.2, 0) is 21.4 Å². The van der Waals surface area contributed by atoms with Crippen molar-refractivity contribution in [3.63, 3.8) is 0 Å². The highest BCUT2D eigenvalue weighted by Gasteiger charge is 2.20. The van der Waals surface area contributed by atoms with E-state index in [9.17, 15) is 13.2 Å². The number of hydrogen-bond acceptors (Lipinski definition) is 6. The number of nitrogens with one attached hydrogen (secondary N) is 1. The molecule has 1 amide bonds. The van der Waals surface area contributed by atoms with E-state index < -0.39 is 10.0 Å². The van der Waals surface area contributed by atoms with Crippen LogP contribution < -0.4 is 16.2 Å². The summed E-state index contributed by atoms with van der Waals surface area (Å²) in [6.45, 7) is 2.35. The van der Waals surface area contributed by atoms with Gasteiger partial charge in [0.1, 0.15) is 5.76 Å². The molecule has 21 heavy (non-hydrogen) atoms. The number of nitrogens with zero attached hydrogens (tertiary/aromatic N) is 1. The van der Waals surface area contributed by atoms with E-state index in [1.54, 1.807) is 6.07 Å². The molecule has 5 N–H and O–H groups in total. The summed E-state index contributed by atoms with van der Waals surface area (Å²) in [7, 11) is -3.79. The number of rotatable bonds is 6. The summed E-state index contributed by atoms with van der Waals surface area (Å²) >= 11 is 0. The summed E-state index contributed by atoms with van der Waals surface area (Å²) in [6.07, 6.45) is 1.80. The van der Waals surface area contributed by atoms with Gasteiger partial charge in [-0.05, 0) is 25.0 Å². The molecule has 0 aliphatic carbocycles. The summed E-state index contributed by atoms with van der Waals surface area (Å²) in [6, 6.07) is 3.24. The summed E-state index contributed by atoms with van der Waals surface area (Å²) in [5.74, 6) is 0.214. The van der Waals surface area contributed by atoms with Crippen molar-refractivity contribution in [3.8, 4) is 0 Å². The molecule has 2 rings (SSSR count). The summed E-state index contributed by atoms with van der Waals surface area (Å²) in [5.41, 5.74) is 5.16. The van der Waals surface area contributed by atoms with Gasteiger partial charge >= 0.3 is 0 Å². The van der Waals surface area contributed by atoms with E-state index >= 15 is 0 Å². The topological polar surface area (TPSA) is 132 Å². The smallest absolute Gasteiger partial charge is 0.271 e. The van der Waals surface area contributed by atoms with Crippen LogP contribution in [-0.4, -0.2) is 44.9 Å². The van der Waals surface area contributed by atoms with Crippen LogP contribution in [0.3, 0.4) is 0 Å². The molecule has 1 aromatic heterocycles. The SMILES string of the molecule is NC(=O)CN1CCC(NCc2ccc(S(N)(=O)=O)o2)CC1. The lowest BCUT2D eigenvalue weighted by molar-refractivity contribution is -0.119. The molecule has 0 unspecified atom stereocenters. The number of likely N-dealkylation sites (tertiary alicyclic amines) is 1. The third kappa shape index (κ3) is 4.81. The first kappa shape index (κ1) is 16.0. The third-order valence-corrected chi connectivity index (χ3v) is 4.23. The number of hydrogen-bond donors (Lipinski definition) is 3. The molecule has 0 atom stereocenters. The number of amides is 1. The molecule has 1 aliphatic heterocycles. The van der Waals surface area contributed by atoms with Crippen LogP contribution >= 0.6 is 0 Å². The molecule has 0 spiro atoms. The van der Waals surface area contributed by atoms with Gasteiger partial charge in [-0.25, -0.2) is 13.6 Å². The number of carbonyl (C=O) groups is 1. The molecule has 1 aromatic rings. The zero-order chi connectivity index (χ0) is 15.5. The average Bonchev–Trinajstić information content (AvgIpc) is 2.86. The van der Waals surface area contributed by atoms with Crippen molar-refractivity contribution in [1.82, 2.24) is 10.2 Å². The number of primary amides is 1. The second kappa shape index (κ2) is 6.56. The molecule has 0 bridgehead atoms. The molecular formula is C12H20N4O4S. The quantitative estimate of drug-likeness (QED) is 0.614. The second-order valence-corrected chi connectivity index (χ2v) is 6.66. The van der Waals surface area contributed by atoms with Crippen LogP contribution in [0.1, 0.15) is 18.6 Å². The summed E-state index contributed by atoms with van der Waals surface area (Å²) < 4.78 is 27.4. The molecule has 1 fully saturated rings. The van der Waals surface area contributed by atoms with Crippen LogP contribution in [0.15, 0.2) is 21.6 Å². The lowest BCUT2D eigenvalue weighted by atomic mass is 10.1. The fourth-order valence-corrected chi connectivity index (χ4v) is 2.85. The Morgan fingerprint density at radius 2 is 2.05 bits per heavy atom. The highest BCUT2D eigenvalue weighted by atomic mass is 32.2. The van der Waals surface area contributed by atoms with E-state index in [0.717, 1.165) is 25.9 Å². The van der Waals surface area contributed by atoms with Crippen molar-refractivity contribution >= 4 is 15.9 Å². The largest absolute Gasteiger partial charge is 0.447 e. The minimum atomic E-state index is -3.79. The highest BCUT2D eigenvalue weighted by molar-refractivity contribution is 7.89. The molecule has 1 saturated heterocycles. The Bertz CT molecular complexity index is 590. The van der Waals surface area contributed by atoms with E-state index in [4.69, 9.17) is 15.3 Å². The van der Waals surface area contributed by atoms with Crippen LogP contribution in [0.5, 0.6) is 0 Å². The Morgan fingerprint density at radius 1 is 1.38 bits per heavy atom. The van der Waals surface area contributed by atoms with Gasteiger partial charge in [0.25, 0.3) is 10.0 Å². The zero-order valence-electron chi connectivity index (χ0n) is 11.6. The molecule has 2 heterocycles. The number of carbonyl (C=O) groups excluding carboxylic acids is 1. The molecule has 0 radical (unpaired) electrons. The fraction of sp³-hybridized carbons (Fsp3) is 0.583. The number of sulfonamides is 1. The Morgan fingerprint density at radius 3 is 2.57 bits per heavy atom. The minimum Gasteiger partial charge on any atom is -0.447 e. The van der Waals surface area contributed by atoms with Gasteiger partial charge < -0.3 is 15.5 Å². The van der Waals surface area contributed by atoms with Gasteiger partial charge in [0.05, 0.1) is 13.1 Å². The van der Waals surface area contributed by atoms with E-state index in [2.05, 4.69) is 5.32 Å². The molecule has 0 aromatic carbocycles. The van der Waals surface area contributed by atoms with Gasteiger partial charge in [0, 0.05) is 19.1 Å². The summed E-state index contributed by atoms with van der Waals surface area (Å²) in [5, 5.41) is 8.06. The van der Waals surface area contributed by atoms with Crippen LogP contribution in [0, 0.1) is 0 Å². The fourth-order valence-electron chi connectivity index (χ4n) is 2.37. The van der Waals surface area contributed by atoms with Crippen LogP contribution in [0.2, 0.25) is 0 Å². The third-order valence-electron chi connectivity index (χ3n) is 3.45. The molecule has 118 valence electrons. The molecular weight excluding hydrogens is 296 g/mol. The van der Waals surface area contributed by atoms with Crippen molar-refractivity contribution in [2.24, 2.45) is 10.9 Å². The second-order valence-electron chi connectivity index (χ2n) is 5.16. The number of nitrogens with two attached hydrogens (primary N) is 2. The maximum atomic E-state index is 11.1. The van der Waals surface area contributed by atoms with E-state index in [1.165, 1.54) is 6.07 Å². The van der Waals surface area contributed by atoms with Crippen molar-refractivity contribution in [2.75, 3.05) is 19.6 Å². The monoisotopic (exact) mass is 316 g/mol. The highest BCUT2D eigenvalue weighted by Crippen LogP contribution is 2.14. The minimum absolute atomic E-state index is 0.226. The lowest BCUT2D eigenvalue weighted by Gasteiger charge is -2.31. The van der Waals surface area contributed by atoms with Crippen molar-refractivity contribution in [2.45, 2.75) is 30.5 Å². The van der Waals surface area contributed by atoms with Crippen LogP contribution in [0.25, 0.3) is 0 Å². The molecule has 0 saturated carbocycles. The van der Waals surface area contributed by atoms with Crippen molar-refractivity contribution < 1.29 is 17.6 Å². The predicted octanol–water partition coefficient (Wildman–Crippen LogP) is -1.03. The van der Waals surface area contributed by atoms with Crippen molar-refractivity contribution in [3.05, 3.63) is 17.9 Å². The number of piperidine rings is 1. The standard InChI is InChI=1S/C12H20N4O4S/c13-11(17)8-16-5-3-9(4-6-16)15-7-10-1-2-12(20-10)21(14,18)19/h1-2,9,15H,3-8H2,(H2,13,17)(H2,14,18,19). The van der Waals surface area contributed by atoms with Gasteiger partial charge in [-0.1, -0.05) is 0 Å². The van der Waals surface area contributed by atoms with Crippen molar-refractivity contribution in [1.29, 1.82) is 0 Å². The normalized spacial score (nSPS) is 18.0. The Kier molecular flexibility index (Phi) is 4.99. The molecule has 8 nitrogen and oxygen atoms in total. The maximum absolute atomic E-state index is 11.1. The number of furan rings is 1. The Hall–Kier alpha value is -1.42. The van der Waals surface area contributed by atoms with E-state index in [1.807, 2.05) is 4.90 Å². The first-order chi connectivity index (χ1) is 9.84. The average molecular weight is 316 g/mol. The first-order valence-corrected chi connectivity index (χ1v) is 8.25. The summed E-state index contributed by atoms with van der Waals surface area (Å²) in [4.78, 5) is 12.9. The Labute approximate surface area is 123 Å². The predicted molar refractivity (Wildman–Crippen MR) is 75.6 cm³/mol. The van der Waals surface area contributed by atoms with Gasteiger partial charge in [0.15, 0.2) is 0 Å². The van der Waals surface area contributed by atoms with E-state index in [-0.39, 0.29) is 11.0 Å². The van der Waals surface area contributed by atoms with Gasteiger partial charge in [0.2, 0.25) is 11.0 Å². The Balaban J connectivity index is 1.77. The number of primary sulfonamides is 1. The maximum Gasteiger partial charge on any atom is 0.271 e. The molecule has 9 heteroatoms. The van der Waals surface area contributed by atoms with E-state index in [0.29, 0.717) is 24.9 Å². The van der Waals surface area contributed by atoms with Gasteiger partial charge in [-0.3, -0.25) is 9.69 Å².